The Labute approximate surface area is 127 Å². The number of rotatable bonds is 7. The third-order valence-electron chi connectivity index (χ3n) is 2.97. The molecule has 2 heterocycles. The molecule has 0 bridgehead atoms. The Morgan fingerprint density at radius 3 is 2.79 bits per heavy atom. The van der Waals surface area contributed by atoms with Gasteiger partial charge in [0.25, 0.3) is 0 Å². The summed E-state index contributed by atoms with van der Waals surface area (Å²) in [4.78, 5) is 1.19. The zero-order chi connectivity index (χ0) is 13.7. The molecule has 2 aromatic rings. The van der Waals surface area contributed by atoms with Gasteiger partial charge in [0.1, 0.15) is 11.8 Å². The van der Waals surface area contributed by atoms with Crippen LogP contribution < -0.4 is 5.32 Å². The van der Waals surface area contributed by atoms with Crippen molar-refractivity contribution in [3.63, 3.8) is 0 Å². The quantitative estimate of drug-likeness (QED) is 0.793. The molecule has 0 spiro atoms. The minimum absolute atomic E-state index is 0.0876. The monoisotopic (exact) mass is 315 g/mol. The summed E-state index contributed by atoms with van der Waals surface area (Å²) in [6.45, 7) is 2.20. The van der Waals surface area contributed by atoms with Gasteiger partial charge in [-0.2, -0.15) is 11.8 Å². The van der Waals surface area contributed by atoms with E-state index in [4.69, 9.17) is 16.0 Å². The minimum Gasteiger partial charge on any atom is -0.467 e. The SMILES string of the molecule is CCC(CSC)NC(c1ccco1)c1ccc(Cl)s1. The second-order valence-electron chi connectivity index (χ2n) is 4.32. The normalized spacial score (nSPS) is 14.5. The van der Waals surface area contributed by atoms with E-state index >= 15 is 0 Å². The zero-order valence-corrected chi connectivity index (χ0v) is 13.4. The molecule has 0 aliphatic heterocycles. The molecule has 2 unspecified atom stereocenters. The van der Waals surface area contributed by atoms with Gasteiger partial charge in [-0.3, -0.25) is 5.32 Å². The first-order chi connectivity index (χ1) is 9.24. The predicted molar refractivity (Wildman–Crippen MR) is 85.5 cm³/mol. The van der Waals surface area contributed by atoms with Gasteiger partial charge in [-0.25, -0.2) is 0 Å². The molecule has 2 rings (SSSR count). The third-order valence-corrected chi connectivity index (χ3v) is 5.00. The number of thiophene rings is 1. The molecule has 2 aromatic heterocycles. The van der Waals surface area contributed by atoms with E-state index in [2.05, 4.69) is 24.6 Å². The summed E-state index contributed by atoms with van der Waals surface area (Å²) < 4.78 is 6.39. The molecule has 0 radical (unpaired) electrons. The second-order valence-corrected chi connectivity index (χ2v) is 6.97. The predicted octanol–water partition coefficient (Wildman–Crippen LogP) is 4.82. The van der Waals surface area contributed by atoms with Crippen molar-refractivity contribution < 1.29 is 4.42 Å². The lowest BCUT2D eigenvalue weighted by molar-refractivity contribution is 0.415. The molecule has 0 aliphatic rings. The maximum atomic E-state index is 6.05. The Morgan fingerprint density at radius 2 is 2.26 bits per heavy atom. The van der Waals surface area contributed by atoms with E-state index < -0.39 is 0 Å². The van der Waals surface area contributed by atoms with Gasteiger partial charge in [0.15, 0.2) is 0 Å². The van der Waals surface area contributed by atoms with Crippen LogP contribution in [0.1, 0.15) is 30.0 Å². The molecule has 0 aliphatic carbocycles. The minimum atomic E-state index is 0.0876. The number of furan rings is 1. The van der Waals surface area contributed by atoms with Gasteiger partial charge >= 0.3 is 0 Å². The Bertz CT molecular complexity index is 483. The Morgan fingerprint density at radius 1 is 1.42 bits per heavy atom. The average molecular weight is 316 g/mol. The third kappa shape index (κ3) is 4.02. The van der Waals surface area contributed by atoms with E-state index in [1.165, 1.54) is 4.88 Å². The zero-order valence-electron chi connectivity index (χ0n) is 11.1. The molecule has 1 N–H and O–H groups in total. The van der Waals surface area contributed by atoms with Gasteiger partial charge in [-0.1, -0.05) is 18.5 Å². The van der Waals surface area contributed by atoms with Gasteiger partial charge in [-0.05, 0) is 36.9 Å². The highest BCUT2D eigenvalue weighted by Gasteiger charge is 2.21. The van der Waals surface area contributed by atoms with E-state index in [0.29, 0.717) is 6.04 Å². The summed E-state index contributed by atoms with van der Waals surface area (Å²) in [5.41, 5.74) is 0. The maximum absolute atomic E-state index is 6.05. The van der Waals surface area contributed by atoms with Crippen molar-refractivity contribution in [2.45, 2.75) is 25.4 Å². The van der Waals surface area contributed by atoms with Gasteiger partial charge in [0, 0.05) is 16.7 Å². The number of nitrogens with one attached hydrogen (secondary N) is 1. The van der Waals surface area contributed by atoms with Crippen molar-refractivity contribution in [2.75, 3.05) is 12.0 Å². The number of hydrogen-bond donors (Lipinski definition) is 1. The van der Waals surface area contributed by atoms with Crippen LogP contribution in [0.3, 0.4) is 0 Å². The molecule has 0 amide bonds. The van der Waals surface area contributed by atoms with Crippen LogP contribution in [0.25, 0.3) is 0 Å². The molecule has 2 atom stereocenters. The highest BCUT2D eigenvalue weighted by molar-refractivity contribution is 7.98. The molecule has 19 heavy (non-hydrogen) atoms. The van der Waals surface area contributed by atoms with Crippen molar-refractivity contribution >= 4 is 34.7 Å². The fourth-order valence-electron chi connectivity index (χ4n) is 1.96. The molecular formula is C14H18ClNOS2. The summed E-state index contributed by atoms with van der Waals surface area (Å²) in [7, 11) is 0. The molecule has 104 valence electrons. The van der Waals surface area contributed by atoms with Crippen LogP contribution in [0, 0.1) is 0 Å². The van der Waals surface area contributed by atoms with Crippen LogP contribution in [0.15, 0.2) is 34.9 Å². The van der Waals surface area contributed by atoms with Gasteiger partial charge in [-0.15, -0.1) is 11.3 Å². The summed E-state index contributed by atoms with van der Waals surface area (Å²) in [6, 6.07) is 8.50. The van der Waals surface area contributed by atoms with Crippen LogP contribution in [0.4, 0.5) is 0 Å². The Balaban J connectivity index is 2.20. The first kappa shape index (κ1) is 15.0. The van der Waals surface area contributed by atoms with Crippen LogP contribution in [-0.2, 0) is 0 Å². The summed E-state index contributed by atoms with van der Waals surface area (Å²) in [5, 5.41) is 3.67. The number of halogens is 1. The molecule has 2 nitrogen and oxygen atoms in total. The standard InChI is InChI=1S/C14H18ClNOS2/c1-3-10(9-18-2)16-14(11-5-4-8-17-11)12-6-7-13(15)19-12/h4-8,10,14,16H,3,9H2,1-2H3. The first-order valence-electron chi connectivity index (χ1n) is 6.28. The highest BCUT2D eigenvalue weighted by Crippen LogP contribution is 2.32. The summed E-state index contributed by atoms with van der Waals surface area (Å²) in [6.07, 6.45) is 4.94. The summed E-state index contributed by atoms with van der Waals surface area (Å²) in [5.74, 6) is 2.03. The van der Waals surface area contributed by atoms with Crippen LogP contribution >= 0.6 is 34.7 Å². The highest BCUT2D eigenvalue weighted by atomic mass is 35.5. The number of thioether (sulfide) groups is 1. The van der Waals surface area contributed by atoms with Crippen LogP contribution in [0.5, 0.6) is 0 Å². The molecule has 5 heteroatoms. The molecule has 0 aromatic carbocycles. The van der Waals surface area contributed by atoms with Crippen LogP contribution in [0.2, 0.25) is 4.34 Å². The fourth-order valence-corrected chi connectivity index (χ4v) is 3.83. The van der Waals surface area contributed by atoms with E-state index in [0.717, 1.165) is 22.3 Å². The fraction of sp³-hybridized carbons (Fsp3) is 0.429. The van der Waals surface area contributed by atoms with Gasteiger partial charge in [0.2, 0.25) is 0 Å². The molecule has 0 fully saturated rings. The smallest absolute Gasteiger partial charge is 0.126 e. The van der Waals surface area contributed by atoms with Gasteiger partial charge in [0.05, 0.1) is 10.6 Å². The van der Waals surface area contributed by atoms with Crippen molar-refractivity contribution in [3.05, 3.63) is 45.5 Å². The first-order valence-corrected chi connectivity index (χ1v) is 8.87. The van der Waals surface area contributed by atoms with Crippen molar-refractivity contribution in [1.29, 1.82) is 0 Å². The van der Waals surface area contributed by atoms with Crippen molar-refractivity contribution in [2.24, 2.45) is 0 Å². The summed E-state index contributed by atoms with van der Waals surface area (Å²) >= 11 is 9.51. The van der Waals surface area contributed by atoms with E-state index in [9.17, 15) is 0 Å². The lowest BCUT2D eigenvalue weighted by Crippen LogP contribution is -2.34. The van der Waals surface area contributed by atoms with Gasteiger partial charge < -0.3 is 4.42 Å². The molecule has 0 saturated heterocycles. The van der Waals surface area contributed by atoms with Crippen molar-refractivity contribution in [1.82, 2.24) is 5.32 Å². The largest absolute Gasteiger partial charge is 0.467 e. The maximum Gasteiger partial charge on any atom is 0.126 e. The van der Waals surface area contributed by atoms with Crippen molar-refractivity contribution in [3.8, 4) is 0 Å². The number of hydrogen-bond acceptors (Lipinski definition) is 4. The second kappa shape index (κ2) is 7.39. The topological polar surface area (TPSA) is 25.2 Å². The Kier molecular flexibility index (Phi) is 5.82. The van der Waals surface area contributed by atoms with E-state index in [1.807, 2.05) is 30.0 Å². The van der Waals surface area contributed by atoms with E-state index in [1.54, 1.807) is 17.6 Å². The lowest BCUT2D eigenvalue weighted by atomic mass is 10.1. The van der Waals surface area contributed by atoms with E-state index in [-0.39, 0.29) is 6.04 Å². The Hall–Kier alpha value is -0.420. The average Bonchev–Trinajstić information content (AvgIpc) is 3.06. The molecular weight excluding hydrogens is 298 g/mol. The molecule has 0 saturated carbocycles. The van der Waals surface area contributed by atoms with Crippen LogP contribution in [-0.4, -0.2) is 18.1 Å². The lowest BCUT2D eigenvalue weighted by Gasteiger charge is -2.22.